The van der Waals surface area contributed by atoms with Gasteiger partial charge in [-0.05, 0) is 24.5 Å². The van der Waals surface area contributed by atoms with E-state index in [4.69, 9.17) is 23.8 Å². The van der Waals surface area contributed by atoms with Crippen molar-refractivity contribution >= 4 is 13.9 Å². The van der Waals surface area contributed by atoms with Crippen molar-refractivity contribution in [2.45, 2.75) is 32.3 Å². The summed E-state index contributed by atoms with van der Waals surface area (Å²) in [4.78, 5) is 24.7. The topological polar surface area (TPSA) is 119 Å². The number of hydrogen-bond acceptors (Lipinski definition) is 5. The second-order valence-electron chi connectivity index (χ2n) is 4.34. The second kappa shape index (κ2) is 9.42. The Morgan fingerprint density at radius 2 is 1.73 bits per heavy atom. The van der Waals surface area contributed by atoms with Crippen LogP contribution in [0.2, 0.25) is 0 Å². The van der Waals surface area contributed by atoms with Crippen LogP contribution in [0.3, 0.4) is 0 Å². The van der Waals surface area contributed by atoms with Crippen LogP contribution in [0.5, 0.6) is 5.75 Å². The van der Waals surface area contributed by atoms with Gasteiger partial charge in [-0.15, -0.1) is 9.79 Å². The number of rotatable bonds is 6. The molecule has 8 nitrogen and oxygen atoms in total. The molecule has 2 N–H and O–H groups in total. The largest absolute Gasteiger partial charge is 0.692 e. The first kappa shape index (κ1) is 20.4. The van der Waals surface area contributed by atoms with Gasteiger partial charge in [0, 0.05) is 17.7 Å². The van der Waals surface area contributed by atoms with Gasteiger partial charge >= 0.3 is 8.25 Å². The molecule has 0 saturated carbocycles. The van der Waals surface area contributed by atoms with Crippen molar-refractivity contribution in [3.05, 3.63) is 33.9 Å². The van der Waals surface area contributed by atoms with Crippen LogP contribution in [0, 0.1) is 10.1 Å². The highest BCUT2D eigenvalue weighted by Crippen LogP contribution is 2.36. The van der Waals surface area contributed by atoms with Crippen molar-refractivity contribution in [1.29, 1.82) is 0 Å². The monoisotopic (exact) mass is 334 g/mol. The molecule has 0 aliphatic carbocycles. The number of nitro benzene ring substituents is 1. The molecule has 9 heteroatoms. The minimum atomic E-state index is -2.87. The Kier molecular flexibility index (Phi) is 8.74. The van der Waals surface area contributed by atoms with E-state index in [9.17, 15) is 10.1 Å². The van der Waals surface area contributed by atoms with Gasteiger partial charge in [-0.2, -0.15) is 0 Å². The molecule has 0 heterocycles. The van der Waals surface area contributed by atoms with E-state index in [1.165, 1.54) is 13.2 Å². The molecule has 0 aliphatic rings. The van der Waals surface area contributed by atoms with Gasteiger partial charge in [-0.3, -0.25) is 10.1 Å². The van der Waals surface area contributed by atoms with Crippen molar-refractivity contribution in [3.8, 4) is 5.75 Å². The summed E-state index contributed by atoms with van der Waals surface area (Å²) >= 11 is 0. The summed E-state index contributed by atoms with van der Waals surface area (Å²) in [6.45, 7) is 4.00. The summed E-state index contributed by atoms with van der Waals surface area (Å²) < 4.78 is 19.4. The molecule has 1 aromatic rings. The third-order valence-electron chi connectivity index (χ3n) is 3.40. The van der Waals surface area contributed by atoms with Gasteiger partial charge in [0.2, 0.25) is 0 Å². The first-order valence-electron chi connectivity index (χ1n) is 6.50. The lowest BCUT2D eigenvalue weighted by Gasteiger charge is -2.30. The van der Waals surface area contributed by atoms with E-state index in [1.54, 1.807) is 19.2 Å². The fourth-order valence-corrected chi connectivity index (χ4v) is 2.13. The highest BCUT2D eigenvalue weighted by Gasteiger charge is 2.30. The third-order valence-corrected chi connectivity index (χ3v) is 3.40. The SMILES string of the molecule is CCC(CC)(OC)c1cc(OC)cc([N+](=O)[O-])c1.O=[P+](O)O. The van der Waals surface area contributed by atoms with E-state index < -0.39 is 18.8 Å². The van der Waals surface area contributed by atoms with Gasteiger partial charge in [-0.1, -0.05) is 13.8 Å². The fraction of sp³-hybridized carbons (Fsp3) is 0.538. The number of methoxy groups -OCH3 is 2. The predicted octanol–water partition coefficient (Wildman–Crippen LogP) is 2.89. The summed E-state index contributed by atoms with van der Waals surface area (Å²) in [5.74, 6) is 0.475. The molecule has 0 spiro atoms. The van der Waals surface area contributed by atoms with Gasteiger partial charge in [0.1, 0.15) is 5.75 Å². The second-order valence-corrected chi connectivity index (χ2v) is 4.84. The number of benzene rings is 1. The van der Waals surface area contributed by atoms with Gasteiger partial charge < -0.3 is 9.47 Å². The lowest BCUT2D eigenvalue weighted by atomic mass is 9.88. The molecule has 0 aliphatic heterocycles. The standard InChI is InChI=1S/C13H19NO4.HO3P/c1-5-13(6-2,18-4)10-7-11(14(15)16)9-12(8-10)17-3;1-4(2)3/h7-9H,5-6H2,1-4H3;(H-,1,2,3)/p+1. The van der Waals surface area contributed by atoms with E-state index in [0.717, 1.165) is 18.4 Å². The van der Waals surface area contributed by atoms with Crippen LogP contribution in [-0.4, -0.2) is 28.9 Å². The first-order chi connectivity index (χ1) is 10.3. The molecular formula is C13H21NO7P+. The molecule has 1 aromatic carbocycles. The van der Waals surface area contributed by atoms with Crippen LogP contribution in [0.4, 0.5) is 5.69 Å². The zero-order chi connectivity index (χ0) is 17.3. The lowest BCUT2D eigenvalue weighted by molar-refractivity contribution is -0.385. The number of nitro groups is 1. The highest BCUT2D eigenvalue weighted by atomic mass is 31.1. The maximum absolute atomic E-state index is 10.9. The number of ether oxygens (including phenoxy) is 2. The minimum Gasteiger partial charge on any atom is -0.496 e. The van der Waals surface area contributed by atoms with E-state index >= 15 is 0 Å². The fourth-order valence-electron chi connectivity index (χ4n) is 2.13. The Bertz CT molecular complexity index is 505. The highest BCUT2D eigenvalue weighted by molar-refractivity contribution is 7.30. The predicted molar refractivity (Wildman–Crippen MR) is 81.0 cm³/mol. The Morgan fingerprint density at radius 3 is 2.05 bits per heavy atom. The van der Waals surface area contributed by atoms with Gasteiger partial charge in [0.05, 0.1) is 23.7 Å². The van der Waals surface area contributed by atoms with Crippen molar-refractivity contribution in [3.63, 3.8) is 0 Å². The van der Waals surface area contributed by atoms with Gasteiger partial charge in [-0.25, -0.2) is 0 Å². The summed E-state index contributed by atoms with van der Waals surface area (Å²) in [5.41, 5.74) is 0.299. The molecular weight excluding hydrogens is 313 g/mol. The van der Waals surface area contributed by atoms with E-state index in [-0.39, 0.29) is 5.69 Å². The normalized spacial score (nSPS) is 10.5. The summed E-state index contributed by atoms with van der Waals surface area (Å²) in [5, 5.41) is 10.9. The average Bonchev–Trinajstić information content (AvgIpc) is 2.48. The molecule has 22 heavy (non-hydrogen) atoms. The molecule has 0 fully saturated rings. The zero-order valence-electron chi connectivity index (χ0n) is 13.0. The minimum absolute atomic E-state index is 0.0210. The Balaban J connectivity index is 0.000000980. The number of non-ortho nitro benzene ring substituents is 1. The van der Waals surface area contributed by atoms with Crippen LogP contribution in [-0.2, 0) is 14.9 Å². The Labute approximate surface area is 129 Å². The molecule has 1 rings (SSSR count). The van der Waals surface area contributed by atoms with Crippen molar-refractivity contribution in [2.24, 2.45) is 0 Å². The summed E-state index contributed by atoms with van der Waals surface area (Å²) in [6, 6.07) is 4.76. The van der Waals surface area contributed by atoms with Crippen LogP contribution in [0.1, 0.15) is 32.3 Å². The molecule has 0 atom stereocenters. The average molecular weight is 334 g/mol. The molecule has 0 unspecified atom stereocenters. The maximum Gasteiger partial charge on any atom is 0.692 e. The molecule has 0 aromatic heterocycles. The van der Waals surface area contributed by atoms with E-state index in [1.807, 2.05) is 13.8 Å². The zero-order valence-corrected chi connectivity index (χ0v) is 13.9. The van der Waals surface area contributed by atoms with Gasteiger partial charge in [0.15, 0.2) is 0 Å². The Hall–Kier alpha value is -1.60. The molecule has 124 valence electrons. The molecule has 0 radical (unpaired) electrons. The van der Waals surface area contributed by atoms with Crippen molar-refractivity contribution in [1.82, 2.24) is 0 Å². The summed E-state index contributed by atoms with van der Waals surface area (Å²) in [6.07, 6.45) is 1.48. The molecule has 0 amide bonds. The first-order valence-corrected chi connectivity index (χ1v) is 7.66. The number of nitrogens with zero attached hydrogens (tertiary/aromatic N) is 1. The number of hydrogen-bond donors (Lipinski definition) is 2. The van der Waals surface area contributed by atoms with Crippen molar-refractivity contribution < 1.29 is 28.7 Å². The van der Waals surface area contributed by atoms with E-state index in [0.29, 0.717) is 5.75 Å². The van der Waals surface area contributed by atoms with Crippen LogP contribution >= 0.6 is 8.25 Å². The summed E-state index contributed by atoms with van der Waals surface area (Å²) in [7, 11) is 0.248. The smallest absolute Gasteiger partial charge is 0.496 e. The van der Waals surface area contributed by atoms with Crippen LogP contribution in [0.15, 0.2) is 18.2 Å². The quantitative estimate of drug-likeness (QED) is 0.466. The van der Waals surface area contributed by atoms with Crippen LogP contribution < -0.4 is 4.74 Å². The maximum atomic E-state index is 10.9. The van der Waals surface area contributed by atoms with Crippen LogP contribution in [0.25, 0.3) is 0 Å². The van der Waals surface area contributed by atoms with E-state index in [2.05, 4.69) is 0 Å². The lowest BCUT2D eigenvalue weighted by Crippen LogP contribution is -2.26. The third kappa shape index (κ3) is 5.65. The molecule has 0 bridgehead atoms. The molecule has 0 saturated heterocycles. The van der Waals surface area contributed by atoms with Crippen molar-refractivity contribution in [2.75, 3.05) is 14.2 Å². The van der Waals surface area contributed by atoms with Gasteiger partial charge in [0.25, 0.3) is 5.69 Å². The Morgan fingerprint density at radius 1 is 1.23 bits per heavy atom.